The second-order valence-electron chi connectivity index (χ2n) is 3.35. The summed E-state index contributed by atoms with van der Waals surface area (Å²) in [6, 6.07) is 3.50. The minimum Gasteiger partial charge on any atom is -0.436 e. The van der Waals surface area contributed by atoms with E-state index in [9.17, 15) is 0 Å². The van der Waals surface area contributed by atoms with Gasteiger partial charge >= 0.3 is 0 Å². The van der Waals surface area contributed by atoms with Gasteiger partial charge in [0.2, 0.25) is 0 Å². The Kier molecular flexibility index (Phi) is 2.74. The Hall–Kier alpha value is -1.69. The number of aromatic nitrogens is 2. The van der Waals surface area contributed by atoms with Crippen LogP contribution >= 0.6 is 11.8 Å². The zero-order valence-electron chi connectivity index (χ0n) is 9.02. The summed E-state index contributed by atoms with van der Waals surface area (Å²) in [6.45, 7) is 3.77. The van der Waals surface area contributed by atoms with Crippen molar-refractivity contribution in [3.05, 3.63) is 23.6 Å². The van der Waals surface area contributed by atoms with Crippen molar-refractivity contribution in [3.63, 3.8) is 0 Å². The first-order valence-corrected chi connectivity index (χ1v) is 5.52. The normalized spacial score (nSPS) is 10.6. The van der Waals surface area contributed by atoms with Gasteiger partial charge in [-0.05, 0) is 37.7 Å². The largest absolute Gasteiger partial charge is 0.436 e. The predicted octanol–water partition coefficient (Wildman–Crippen LogP) is 2.00. The average molecular weight is 236 g/mol. The van der Waals surface area contributed by atoms with Crippen LogP contribution in [0.5, 0.6) is 0 Å². The third-order valence-electron chi connectivity index (χ3n) is 2.13. The minimum atomic E-state index is 0.324. The molecule has 5 nitrogen and oxygen atoms in total. The number of nitrogen functional groups attached to an aromatic ring is 2. The zero-order chi connectivity index (χ0) is 11.7. The Balaban J connectivity index is 2.23. The van der Waals surface area contributed by atoms with Crippen molar-refractivity contribution in [3.8, 4) is 0 Å². The van der Waals surface area contributed by atoms with E-state index in [1.807, 2.05) is 13.8 Å². The molecule has 0 aliphatic heterocycles. The Morgan fingerprint density at radius 1 is 1.19 bits per heavy atom. The van der Waals surface area contributed by atoms with Gasteiger partial charge in [0.15, 0.2) is 0 Å². The average Bonchev–Trinajstić information content (AvgIpc) is 2.52. The van der Waals surface area contributed by atoms with Crippen molar-refractivity contribution in [2.24, 2.45) is 0 Å². The van der Waals surface area contributed by atoms with E-state index in [4.69, 9.17) is 15.9 Å². The van der Waals surface area contributed by atoms with Crippen LogP contribution in [0.2, 0.25) is 0 Å². The van der Waals surface area contributed by atoms with Crippen LogP contribution in [-0.4, -0.2) is 9.97 Å². The van der Waals surface area contributed by atoms with Crippen molar-refractivity contribution >= 4 is 23.3 Å². The van der Waals surface area contributed by atoms with Gasteiger partial charge < -0.3 is 15.9 Å². The molecule has 0 saturated heterocycles. The molecule has 2 aromatic rings. The summed E-state index contributed by atoms with van der Waals surface area (Å²) in [4.78, 5) is 8.36. The molecule has 0 amide bonds. The number of rotatable bonds is 2. The number of nitrogens with two attached hydrogens (primary N) is 2. The van der Waals surface area contributed by atoms with Gasteiger partial charge in [0.05, 0.1) is 11.4 Å². The third-order valence-corrected chi connectivity index (χ3v) is 2.92. The molecule has 2 aromatic heterocycles. The lowest BCUT2D eigenvalue weighted by Crippen LogP contribution is -1.97. The maximum Gasteiger partial charge on any atom is 0.262 e. The number of anilines is 2. The highest BCUT2D eigenvalue weighted by atomic mass is 32.2. The van der Waals surface area contributed by atoms with Gasteiger partial charge in [-0.15, -0.1) is 0 Å². The van der Waals surface area contributed by atoms with E-state index in [0.717, 1.165) is 11.5 Å². The maximum absolute atomic E-state index is 5.61. The summed E-state index contributed by atoms with van der Waals surface area (Å²) < 4.78 is 5.43. The summed E-state index contributed by atoms with van der Waals surface area (Å²) in [6.07, 6.45) is 0. The van der Waals surface area contributed by atoms with E-state index in [1.54, 1.807) is 12.1 Å². The Morgan fingerprint density at radius 2 is 1.94 bits per heavy atom. The van der Waals surface area contributed by atoms with Crippen molar-refractivity contribution in [1.29, 1.82) is 0 Å². The first-order valence-electron chi connectivity index (χ1n) is 4.70. The Labute approximate surface area is 97.3 Å². The second kappa shape index (κ2) is 4.05. The van der Waals surface area contributed by atoms with E-state index in [-0.39, 0.29) is 0 Å². The molecular weight excluding hydrogens is 224 g/mol. The van der Waals surface area contributed by atoms with Crippen LogP contribution in [0.4, 0.5) is 11.5 Å². The van der Waals surface area contributed by atoms with Crippen molar-refractivity contribution in [2.45, 2.75) is 24.1 Å². The van der Waals surface area contributed by atoms with E-state index in [1.165, 1.54) is 11.8 Å². The highest BCUT2D eigenvalue weighted by molar-refractivity contribution is 7.99. The van der Waals surface area contributed by atoms with Crippen molar-refractivity contribution in [1.82, 2.24) is 9.97 Å². The number of aryl methyl sites for hydroxylation is 2. The van der Waals surface area contributed by atoms with Crippen LogP contribution in [0.3, 0.4) is 0 Å². The lowest BCUT2D eigenvalue weighted by Gasteiger charge is -2.00. The van der Waals surface area contributed by atoms with Crippen molar-refractivity contribution in [2.75, 3.05) is 11.5 Å². The monoisotopic (exact) mass is 236 g/mol. The highest BCUT2D eigenvalue weighted by Crippen LogP contribution is 2.28. The fourth-order valence-electron chi connectivity index (χ4n) is 1.10. The molecule has 0 saturated carbocycles. The molecule has 0 radical (unpaired) electrons. The van der Waals surface area contributed by atoms with Gasteiger partial charge in [-0.2, -0.15) is 0 Å². The number of pyridine rings is 1. The molecule has 0 atom stereocenters. The maximum atomic E-state index is 5.61. The zero-order valence-corrected chi connectivity index (χ0v) is 9.84. The molecule has 0 fully saturated rings. The summed E-state index contributed by atoms with van der Waals surface area (Å²) >= 11 is 1.32. The number of hydrogen-bond donors (Lipinski definition) is 2. The fraction of sp³-hybridized carbons (Fsp3) is 0.200. The lowest BCUT2D eigenvalue weighted by molar-refractivity contribution is 0.431. The predicted molar refractivity (Wildman–Crippen MR) is 63.2 cm³/mol. The number of nitrogens with zero attached hydrogens (tertiary/aromatic N) is 2. The van der Waals surface area contributed by atoms with E-state index < -0.39 is 0 Å². The second-order valence-corrected chi connectivity index (χ2v) is 4.32. The van der Waals surface area contributed by atoms with Crippen LogP contribution in [0.15, 0.2) is 26.8 Å². The summed E-state index contributed by atoms with van der Waals surface area (Å²) in [7, 11) is 0. The van der Waals surface area contributed by atoms with Crippen LogP contribution < -0.4 is 11.5 Å². The topological polar surface area (TPSA) is 91.0 Å². The molecular formula is C10H12N4OS. The molecule has 0 aliphatic carbocycles. The van der Waals surface area contributed by atoms with Gasteiger partial charge in [-0.3, -0.25) is 0 Å². The molecule has 84 valence electrons. The quantitative estimate of drug-likeness (QED) is 0.828. The third kappa shape index (κ3) is 2.11. The Morgan fingerprint density at radius 3 is 2.50 bits per heavy atom. The first kappa shape index (κ1) is 10.8. The van der Waals surface area contributed by atoms with Gasteiger partial charge in [-0.25, -0.2) is 9.97 Å². The number of hydrogen-bond acceptors (Lipinski definition) is 6. The van der Waals surface area contributed by atoms with Gasteiger partial charge in [-0.1, -0.05) is 0 Å². The molecule has 0 unspecified atom stereocenters. The minimum absolute atomic E-state index is 0.324. The van der Waals surface area contributed by atoms with Crippen LogP contribution in [-0.2, 0) is 0 Å². The van der Waals surface area contributed by atoms with Crippen molar-refractivity contribution < 1.29 is 4.42 Å². The van der Waals surface area contributed by atoms with E-state index >= 15 is 0 Å². The summed E-state index contributed by atoms with van der Waals surface area (Å²) in [5.74, 6) is 1.14. The summed E-state index contributed by atoms with van der Waals surface area (Å²) in [5.41, 5.74) is 12.5. The smallest absolute Gasteiger partial charge is 0.262 e. The first-order chi connectivity index (χ1) is 7.56. The molecule has 0 spiro atoms. The highest BCUT2D eigenvalue weighted by Gasteiger charge is 2.09. The van der Waals surface area contributed by atoms with Crippen LogP contribution in [0.25, 0.3) is 0 Å². The van der Waals surface area contributed by atoms with Crippen LogP contribution in [0, 0.1) is 13.8 Å². The molecule has 6 heteroatoms. The van der Waals surface area contributed by atoms with Gasteiger partial charge in [0.25, 0.3) is 5.22 Å². The van der Waals surface area contributed by atoms with E-state index in [0.29, 0.717) is 21.8 Å². The van der Waals surface area contributed by atoms with Gasteiger partial charge in [0, 0.05) is 0 Å². The SMILES string of the molecule is Cc1nc(Sc2ccc(N)c(N)n2)oc1C. The molecule has 4 N–H and O–H groups in total. The van der Waals surface area contributed by atoms with Crippen LogP contribution in [0.1, 0.15) is 11.5 Å². The van der Waals surface area contributed by atoms with E-state index in [2.05, 4.69) is 9.97 Å². The molecule has 0 aliphatic rings. The Bertz CT molecular complexity index is 504. The number of oxazole rings is 1. The molecule has 2 rings (SSSR count). The molecule has 0 aromatic carbocycles. The molecule has 0 bridgehead atoms. The van der Waals surface area contributed by atoms with Gasteiger partial charge in [0.1, 0.15) is 16.6 Å². The lowest BCUT2D eigenvalue weighted by atomic mass is 10.4. The molecule has 2 heterocycles. The fourth-order valence-corrected chi connectivity index (χ4v) is 1.91. The standard InChI is InChI=1S/C10H12N4OS/c1-5-6(2)15-10(13-5)16-8-4-3-7(11)9(12)14-8/h3-4H,11H2,1-2H3,(H2,12,14). The summed E-state index contributed by atoms with van der Waals surface area (Å²) in [5, 5.41) is 1.28. The molecule has 16 heavy (non-hydrogen) atoms.